The Morgan fingerprint density at radius 2 is 2.12 bits per heavy atom. The summed E-state index contributed by atoms with van der Waals surface area (Å²) in [4.78, 5) is 13.6. The minimum Gasteiger partial charge on any atom is -0.491 e. The molecule has 2 rings (SSSR count). The number of carbonyl (C=O) groups excluding carboxylic acids is 1. The zero-order valence-electron chi connectivity index (χ0n) is 10.7. The number of benzene rings is 1. The second-order valence-electron chi connectivity index (χ2n) is 4.51. The molecule has 0 saturated carbocycles. The lowest BCUT2D eigenvalue weighted by Crippen LogP contribution is -2.30. The number of rotatable bonds is 3. The smallest absolute Gasteiger partial charge is 0.248 e. The highest BCUT2D eigenvalue weighted by atomic mass is 16.5. The number of nitrogens with one attached hydrogen (secondary N) is 1. The van der Waals surface area contributed by atoms with Crippen molar-refractivity contribution in [3.05, 3.63) is 23.8 Å². The van der Waals surface area contributed by atoms with Gasteiger partial charge in [-0.3, -0.25) is 4.79 Å². The average Bonchev–Trinajstić information content (AvgIpc) is 2.50. The minimum absolute atomic E-state index is 0.0733. The molecule has 0 spiro atoms. The topological polar surface area (TPSA) is 41.6 Å². The number of amides is 1. The number of nitrogens with zero attached hydrogens (tertiary/aromatic N) is 1. The average molecular weight is 234 g/mol. The first-order valence-corrected chi connectivity index (χ1v) is 5.80. The summed E-state index contributed by atoms with van der Waals surface area (Å²) in [6.07, 6.45) is 0.135. The van der Waals surface area contributed by atoms with Crippen LogP contribution in [-0.4, -0.2) is 26.1 Å². The molecule has 1 unspecified atom stereocenters. The van der Waals surface area contributed by atoms with Gasteiger partial charge in [-0.25, -0.2) is 0 Å². The van der Waals surface area contributed by atoms with E-state index in [0.717, 1.165) is 17.0 Å². The molecule has 1 aliphatic rings. The number of hydrogen-bond donors (Lipinski definition) is 1. The van der Waals surface area contributed by atoms with Gasteiger partial charge in [-0.1, -0.05) is 0 Å². The molecule has 1 heterocycles. The van der Waals surface area contributed by atoms with Gasteiger partial charge in [0.1, 0.15) is 11.8 Å². The molecular weight excluding hydrogens is 216 g/mol. The van der Waals surface area contributed by atoms with E-state index >= 15 is 0 Å². The summed E-state index contributed by atoms with van der Waals surface area (Å²) < 4.78 is 5.65. The highest BCUT2D eigenvalue weighted by Crippen LogP contribution is 2.37. The second kappa shape index (κ2) is 4.37. The Labute approximate surface area is 102 Å². The predicted molar refractivity (Wildman–Crippen MR) is 67.4 cm³/mol. The molecule has 92 valence electrons. The first kappa shape index (κ1) is 11.9. The van der Waals surface area contributed by atoms with Crippen LogP contribution < -0.4 is 15.0 Å². The van der Waals surface area contributed by atoms with Crippen LogP contribution in [0.25, 0.3) is 0 Å². The first-order chi connectivity index (χ1) is 8.04. The van der Waals surface area contributed by atoms with Gasteiger partial charge >= 0.3 is 0 Å². The predicted octanol–water partition coefficient (Wildman–Crippen LogP) is 1.71. The fraction of sp³-hybridized carbons (Fsp3) is 0.462. The van der Waals surface area contributed by atoms with Gasteiger partial charge < -0.3 is 15.0 Å². The van der Waals surface area contributed by atoms with Crippen molar-refractivity contribution in [3.63, 3.8) is 0 Å². The Kier molecular flexibility index (Phi) is 3.07. The number of carbonyl (C=O) groups is 1. The van der Waals surface area contributed by atoms with Gasteiger partial charge in [-0.05, 0) is 39.1 Å². The fourth-order valence-corrected chi connectivity index (χ4v) is 2.14. The van der Waals surface area contributed by atoms with Gasteiger partial charge in [-0.15, -0.1) is 0 Å². The third-order valence-corrected chi connectivity index (χ3v) is 2.91. The van der Waals surface area contributed by atoms with Crippen LogP contribution in [0.2, 0.25) is 0 Å². The molecular formula is C13H18N2O2. The molecule has 4 nitrogen and oxygen atoms in total. The van der Waals surface area contributed by atoms with Gasteiger partial charge in [-0.2, -0.15) is 0 Å². The van der Waals surface area contributed by atoms with Crippen molar-refractivity contribution >= 4 is 11.6 Å². The van der Waals surface area contributed by atoms with Crippen LogP contribution in [0.5, 0.6) is 5.75 Å². The number of anilines is 1. The van der Waals surface area contributed by atoms with Crippen molar-refractivity contribution in [1.82, 2.24) is 5.32 Å². The van der Waals surface area contributed by atoms with Crippen LogP contribution in [0.15, 0.2) is 18.2 Å². The molecule has 1 aromatic carbocycles. The Hall–Kier alpha value is -1.55. The van der Waals surface area contributed by atoms with E-state index in [2.05, 4.69) is 5.32 Å². The lowest BCUT2D eigenvalue weighted by Gasteiger charge is -2.13. The third kappa shape index (κ3) is 2.00. The zero-order valence-corrected chi connectivity index (χ0v) is 10.7. The van der Waals surface area contributed by atoms with Crippen LogP contribution in [0, 0.1) is 0 Å². The maximum Gasteiger partial charge on any atom is 0.248 e. The molecule has 1 aromatic rings. The zero-order chi connectivity index (χ0) is 12.6. The van der Waals surface area contributed by atoms with Gasteiger partial charge in [0.15, 0.2) is 0 Å². The molecule has 1 atom stereocenters. The fourth-order valence-electron chi connectivity index (χ4n) is 2.14. The van der Waals surface area contributed by atoms with Crippen LogP contribution in [0.4, 0.5) is 5.69 Å². The SMILES string of the molecule is CNC1C(=O)N(C)c2ccc(OC(C)C)cc21. The Morgan fingerprint density at radius 1 is 1.41 bits per heavy atom. The summed E-state index contributed by atoms with van der Waals surface area (Å²) in [6, 6.07) is 5.52. The normalized spacial score (nSPS) is 18.8. The number of fused-ring (bicyclic) bond motifs is 1. The van der Waals surface area contributed by atoms with E-state index in [1.165, 1.54) is 0 Å². The van der Waals surface area contributed by atoms with E-state index in [0.29, 0.717) is 0 Å². The maximum atomic E-state index is 11.9. The minimum atomic E-state index is -0.259. The van der Waals surface area contributed by atoms with Crippen molar-refractivity contribution < 1.29 is 9.53 Å². The van der Waals surface area contributed by atoms with Crippen molar-refractivity contribution in [2.75, 3.05) is 19.0 Å². The second-order valence-corrected chi connectivity index (χ2v) is 4.51. The molecule has 1 N–H and O–H groups in total. The van der Waals surface area contributed by atoms with Gasteiger partial charge in [0.05, 0.1) is 6.10 Å². The molecule has 0 saturated heterocycles. The standard InChI is InChI=1S/C13H18N2O2/c1-8(2)17-9-5-6-11-10(7-9)12(14-3)13(16)15(11)4/h5-8,12,14H,1-4H3. The van der Waals surface area contributed by atoms with Gasteiger partial charge in [0.2, 0.25) is 5.91 Å². The largest absolute Gasteiger partial charge is 0.491 e. The number of hydrogen-bond acceptors (Lipinski definition) is 3. The van der Waals surface area contributed by atoms with E-state index in [9.17, 15) is 4.79 Å². The van der Waals surface area contributed by atoms with E-state index in [-0.39, 0.29) is 18.1 Å². The molecule has 0 aliphatic carbocycles. The summed E-state index contributed by atoms with van der Waals surface area (Å²) in [5.74, 6) is 0.881. The van der Waals surface area contributed by atoms with Crippen LogP contribution >= 0.6 is 0 Å². The molecule has 1 amide bonds. The summed E-state index contributed by atoms with van der Waals surface area (Å²) >= 11 is 0. The molecule has 1 aliphatic heterocycles. The Balaban J connectivity index is 2.39. The number of likely N-dealkylation sites (N-methyl/N-ethyl adjacent to an activating group) is 2. The Morgan fingerprint density at radius 3 is 2.71 bits per heavy atom. The molecule has 0 bridgehead atoms. The van der Waals surface area contributed by atoms with E-state index in [1.54, 1.807) is 19.0 Å². The third-order valence-electron chi connectivity index (χ3n) is 2.91. The van der Waals surface area contributed by atoms with Crippen molar-refractivity contribution in [2.45, 2.75) is 26.0 Å². The lowest BCUT2D eigenvalue weighted by atomic mass is 10.1. The lowest BCUT2D eigenvalue weighted by molar-refractivity contribution is -0.119. The molecule has 0 radical (unpaired) electrons. The maximum absolute atomic E-state index is 11.9. The van der Waals surface area contributed by atoms with Gasteiger partial charge in [0, 0.05) is 18.3 Å². The first-order valence-electron chi connectivity index (χ1n) is 5.80. The van der Waals surface area contributed by atoms with Crippen LogP contribution in [0.1, 0.15) is 25.5 Å². The van der Waals surface area contributed by atoms with Crippen molar-refractivity contribution in [3.8, 4) is 5.75 Å². The monoisotopic (exact) mass is 234 g/mol. The highest BCUT2D eigenvalue weighted by Gasteiger charge is 2.34. The van der Waals surface area contributed by atoms with E-state index in [4.69, 9.17) is 4.74 Å². The molecule has 0 aromatic heterocycles. The van der Waals surface area contributed by atoms with Gasteiger partial charge in [0.25, 0.3) is 0 Å². The summed E-state index contributed by atoms with van der Waals surface area (Å²) in [5, 5.41) is 3.03. The molecule has 17 heavy (non-hydrogen) atoms. The number of ether oxygens (including phenoxy) is 1. The summed E-state index contributed by atoms with van der Waals surface area (Å²) in [5.41, 5.74) is 1.93. The summed E-state index contributed by atoms with van der Waals surface area (Å²) in [7, 11) is 3.59. The molecule has 0 fully saturated rings. The Bertz CT molecular complexity index is 443. The van der Waals surface area contributed by atoms with Crippen LogP contribution in [-0.2, 0) is 4.79 Å². The van der Waals surface area contributed by atoms with Crippen molar-refractivity contribution in [2.24, 2.45) is 0 Å². The molecule has 4 heteroatoms. The quantitative estimate of drug-likeness (QED) is 0.865. The van der Waals surface area contributed by atoms with Crippen LogP contribution in [0.3, 0.4) is 0 Å². The van der Waals surface area contributed by atoms with E-state index in [1.807, 2.05) is 32.0 Å². The highest BCUT2D eigenvalue weighted by molar-refractivity contribution is 6.04. The van der Waals surface area contributed by atoms with E-state index < -0.39 is 0 Å². The van der Waals surface area contributed by atoms with Crippen molar-refractivity contribution in [1.29, 1.82) is 0 Å². The summed E-state index contributed by atoms with van der Waals surface area (Å²) in [6.45, 7) is 3.97.